The summed E-state index contributed by atoms with van der Waals surface area (Å²) in [5, 5.41) is 4.16. The predicted octanol–water partition coefficient (Wildman–Crippen LogP) is 3.81. The standard InChI is InChI=1S/C28H27N9OS/c1-17-14-30-18(15-29-17)16-31-25-23-24(33-28(38)34-25)19-8-9-22(36-11-5-10-35(2)12-13-36)32-26(19)37-20-6-3-4-7-21(20)39-27(23)37/h3-4,6-9,14-15H,5,10-13,16H2,1-2H3,(H,31,34,38). The number of thiazole rings is 1. The summed E-state index contributed by atoms with van der Waals surface area (Å²) in [5.41, 5.74) is 4.33. The second kappa shape index (κ2) is 9.51. The fraction of sp³-hybridized carbons (Fsp3) is 0.286. The van der Waals surface area contributed by atoms with Gasteiger partial charge in [-0.3, -0.25) is 14.4 Å². The summed E-state index contributed by atoms with van der Waals surface area (Å²) >= 11 is 1.65. The Morgan fingerprint density at radius 3 is 2.74 bits per heavy atom. The highest BCUT2D eigenvalue weighted by Crippen LogP contribution is 2.42. The molecule has 1 fully saturated rings. The zero-order valence-corrected chi connectivity index (χ0v) is 22.6. The van der Waals surface area contributed by atoms with Gasteiger partial charge in [0.2, 0.25) is 0 Å². The molecule has 0 spiro atoms. The van der Waals surface area contributed by atoms with Crippen LogP contribution in [0.4, 0.5) is 11.6 Å². The molecule has 3 aliphatic rings. The number of hydrogen-bond donors (Lipinski definition) is 1. The van der Waals surface area contributed by atoms with E-state index in [1.165, 1.54) is 0 Å². The monoisotopic (exact) mass is 537 g/mol. The average molecular weight is 538 g/mol. The summed E-state index contributed by atoms with van der Waals surface area (Å²) < 4.78 is 3.31. The van der Waals surface area contributed by atoms with E-state index in [0.717, 1.165) is 81.4 Å². The molecule has 196 valence electrons. The first kappa shape index (κ1) is 23.9. The Morgan fingerprint density at radius 1 is 0.974 bits per heavy atom. The lowest BCUT2D eigenvalue weighted by atomic mass is 10.1. The fourth-order valence-electron chi connectivity index (χ4n) is 5.26. The topological polar surface area (TPSA) is 104 Å². The first-order valence-corrected chi connectivity index (χ1v) is 13.9. The van der Waals surface area contributed by atoms with E-state index in [0.29, 0.717) is 18.1 Å². The van der Waals surface area contributed by atoms with E-state index in [4.69, 9.17) is 4.98 Å². The number of hydrogen-bond acceptors (Lipinski definition) is 10. The molecule has 11 heteroatoms. The van der Waals surface area contributed by atoms with Crippen LogP contribution in [-0.2, 0) is 6.54 Å². The van der Waals surface area contributed by atoms with Crippen molar-refractivity contribution in [2.75, 3.05) is 43.4 Å². The van der Waals surface area contributed by atoms with Gasteiger partial charge < -0.3 is 15.1 Å². The van der Waals surface area contributed by atoms with Crippen LogP contribution in [0.25, 0.3) is 37.3 Å². The highest BCUT2D eigenvalue weighted by Gasteiger charge is 2.25. The van der Waals surface area contributed by atoms with E-state index < -0.39 is 5.69 Å². The van der Waals surface area contributed by atoms with Gasteiger partial charge in [-0.05, 0) is 51.2 Å². The van der Waals surface area contributed by atoms with Crippen LogP contribution in [0, 0.1) is 6.92 Å². The SMILES string of the molecule is Cc1cnc(CNc2nc(=O)nc3c4ccc(N5CCCN(C)CC5)nc4n4c(sc5ccccc54)c2-3)cn1. The number of benzene rings is 1. The maximum Gasteiger partial charge on any atom is 0.369 e. The summed E-state index contributed by atoms with van der Waals surface area (Å²) in [6.45, 7) is 6.23. The Morgan fingerprint density at radius 2 is 1.87 bits per heavy atom. The number of aryl methyl sites for hydroxylation is 1. The number of rotatable bonds is 4. The van der Waals surface area contributed by atoms with E-state index in [-0.39, 0.29) is 0 Å². The lowest BCUT2D eigenvalue weighted by Gasteiger charge is -2.23. The molecular formula is C28H27N9OS. The fourth-order valence-corrected chi connectivity index (χ4v) is 6.45. The number of fused-ring (bicyclic) bond motifs is 8. The molecule has 0 amide bonds. The second-order valence-electron chi connectivity index (χ2n) is 9.98. The van der Waals surface area contributed by atoms with Crippen molar-refractivity contribution in [3.05, 3.63) is 70.7 Å². The van der Waals surface area contributed by atoms with Gasteiger partial charge in [-0.25, -0.2) is 9.78 Å². The Hall–Kier alpha value is -4.22. The minimum Gasteiger partial charge on any atom is -0.364 e. The largest absolute Gasteiger partial charge is 0.369 e. The zero-order chi connectivity index (χ0) is 26.5. The summed E-state index contributed by atoms with van der Waals surface area (Å²) in [5.74, 6) is 1.42. The van der Waals surface area contributed by atoms with Crippen LogP contribution in [0.3, 0.4) is 0 Å². The number of aromatic nitrogens is 6. The molecule has 0 saturated carbocycles. The number of para-hydroxylation sites is 1. The third-order valence-corrected chi connectivity index (χ3v) is 8.41. The minimum atomic E-state index is -0.536. The molecule has 10 nitrogen and oxygen atoms in total. The quantitative estimate of drug-likeness (QED) is 0.336. The molecule has 3 aliphatic heterocycles. The molecule has 39 heavy (non-hydrogen) atoms. The predicted molar refractivity (Wildman–Crippen MR) is 155 cm³/mol. The van der Waals surface area contributed by atoms with Crippen LogP contribution in [0.5, 0.6) is 0 Å². The van der Waals surface area contributed by atoms with Crippen molar-refractivity contribution in [2.24, 2.45) is 0 Å². The molecule has 1 aromatic carbocycles. The van der Waals surface area contributed by atoms with E-state index in [9.17, 15) is 4.79 Å². The number of likely N-dealkylation sites (N-methyl/N-ethyl adjacent to an activating group) is 1. The average Bonchev–Trinajstić information content (AvgIpc) is 3.20. The molecular weight excluding hydrogens is 510 g/mol. The van der Waals surface area contributed by atoms with Gasteiger partial charge in [0, 0.05) is 31.2 Å². The van der Waals surface area contributed by atoms with Gasteiger partial charge in [0.25, 0.3) is 0 Å². The summed E-state index contributed by atoms with van der Waals surface area (Å²) in [6.07, 6.45) is 4.55. The molecule has 4 aromatic rings. The second-order valence-corrected chi connectivity index (χ2v) is 11.0. The van der Waals surface area contributed by atoms with Gasteiger partial charge in [-0.15, -0.1) is 11.3 Å². The molecule has 1 saturated heterocycles. The van der Waals surface area contributed by atoms with Gasteiger partial charge in [0.05, 0.1) is 45.6 Å². The summed E-state index contributed by atoms with van der Waals surface area (Å²) in [7, 11) is 2.16. The minimum absolute atomic E-state index is 0.383. The van der Waals surface area contributed by atoms with Crippen molar-refractivity contribution in [3.63, 3.8) is 0 Å². The van der Waals surface area contributed by atoms with Crippen molar-refractivity contribution in [3.8, 4) is 11.3 Å². The highest BCUT2D eigenvalue weighted by molar-refractivity contribution is 7.24. The molecule has 1 N–H and O–H groups in total. The van der Waals surface area contributed by atoms with Crippen molar-refractivity contribution in [1.29, 1.82) is 0 Å². The molecule has 0 atom stereocenters. The van der Waals surface area contributed by atoms with Crippen LogP contribution >= 0.6 is 11.3 Å². The van der Waals surface area contributed by atoms with Crippen molar-refractivity contribution >= 4 is 49.1 Å². The van der Waals surface area contributed by atoms with Crippen molar-refractivity contribution < 1.29 is 0 Å². The van der Waals surface area contributed by atoms with Crippen LogP contribution in [0.2, 0.25) is 0 Å². The lowest BCUT2D eigenvalue weighted by Crippen LogP contribution is -2.29. The van der Waals surface area contributed by atoms with Gasteiger partial charge in [-0.2, -0.15) is 9.97 Å². The van der Waals surface area contributed by atoms with Crippen LogP contribution < -0.4 is 15.9 Å². The smallest absolute Gasteiger partial charge is 0.364 e. The van der Waals surface area contributed by atoms with E-state index in [2.05, 4.69) is 70.8 Å². The van der Waals surface area contributed by atoms with Gasteiger partial charge in [-0.1, -0.05) is 12.1 Å². The van der Waals surface area contributed by atoms with E-state index in [1.807, 2.05) is 19.1 Å². The number of pyridine rings is 2. The summed E-state index contributed by atoms with van der Waals surface area (Å²) in [6, 6.07) is 12.4. The number of anilines is 2. The van der Waals surface area contributed by atoms with Crippen molar-refractivity contribution in [2.45, 2.75) is 19.9 Å². The Labute approximate surface area is 228 Å². The Kier molecular flexibility index (Phi) is 5.82. The normalized spacial score (nSPS) is 15.0. The summed E-state index contributed by atoms with van der Waals surface area (Å²) in [4.78, 5) is 41.1. The first-order valence-electron chi connectivity index (χ1n) is 13.0. The maximum absolute atomic E-state index is 12.8. The van der Waals surface area contributed by atoms with Gasteiger partial charge in [0.15, 0.2) is 0 Å². The van der Waals surface area contributed by atoms with Crippen LogP contribution in [-0.4, -0.2) is 67.4 Å². The molecule has 6 heterocycles. The highest BCUT2D eigenvalue weighted by atomic mass is 32.1. The van der Waals surface area contributed by atoms with Crippen LogP contribution in [0.1, 0.15) is 17.8 Å². The maximum atomic E-state index is 12.8. The van der Waals surface area contributed by atoms with Gasteiger partial charge in [0.1, 0.15) is 22.1 Å². The lowest BCUT2D eigenvalue weighted by molar-refractivity contribution is 0.360. The van der Waals surface area contributed by atoms with Crippen molar-refractivity contribution in [1.82, 2.24) is 34.2 Å². The third-order valence-electron chi connectivity index (χ3n) is 7.26. The molecule has 0 unspecified atom stereocenters. The van der Waals surface area contributed by atoms with E-state index in [1.54, 1.807) is 23.7 Å². The first-order chi connectivity index (χ1) is 19.0. The Balaban J connectivity index is 1.46. The zero-order valence-electron chi connectivity index (χ0n) is 21.8. The molecule has 3 aromatic heterocycles. The molecule has 0 bridgehead atoms. The Bertz CT molecular complexity index is 1860. The third kappa shape index (κ3) is 4.23. The number of nitrogens with one attached hydrogen (secondary N) is 1. The molecule has 7 rings (SSSR count). The molecule has 0 aliphatic carbocycles. The van der Waals surface area contributed by atoms with E-state index >= 15 is 0 Å². The van der Waals surface area contributed by atoms with Crippen LogP contribution in [0.15, 0.2) is 53.6 Å². The molecule has 0 radical (unpaired) electrons. The van der Waals surface area contributed by atoms with Gasteiger partial charge >= 0.3 is 5.69 Å². The number of nitrogens with zero attached hydrogens (tertiary/aromatic N) is 8.